The first kappa shape index (κ1) is 14.6. The van der Waals surface area contributed by atoms with Gasteiger partial charge in [-0.2, -0.15) is 0 Å². The van der Waals surface area contributed by atoms with E-state index in [2.05, 4.69) is 5.32 Å². The molecule has 6 nitrogen and oxygen atoms in total. The van der Waals surface area contributed by atoms with Gasteiger partial charge in [0.15, 0.2) is 0 Å². The first-order valence-corrected chi connectivity index (χ1v) is 6.91. The molecule has 2 unspecified atom stereocenters. The molecule has 0 bridgehead atoms. The van der Waals surface area contributed by atoms with Crippen molar-refractivity contribution in [3.05, 3.63) is 24.2 Å². The number of amides is 2. The van der Waals surface area contributed by atoms with Gasteiger partial charge >= 0.3 is 0 Å². The Morgan fingerprint density at radius 3 is 2.90 bits per heavy atom. The molecule has 0 saturated carbocycles. The van der Waals surface area contributed by atoms with E-state index in [1.165, 1.54) is 6.26 Å². The minimum absolute atomic E-state index is 0.0190. The van der Waals surface area contributed by atoms with Gasteiger partial charge in [0.1, 0.15) is 17.8 Å². The van der Waals surface area contributed by atoms with E-state index >= 15 is 0 Å². The third-order valence-electron chi connectivity index (χ3n) is 3.56. The number of nitrogens with one attached hydrogen (secondary N) is 1. The number of aliphatic hydroxyl groups excluding tert-OH is 1. The van der Waals surface area contributed by atoms with Gasteiger partial charge in [0.2, 0.25) is 11.8 Å². The molecule has 0 aromatic carbocycles. The number of nitrogens with zero attached hydrogens (tertiary/aromatic N) is 1. The lowest BCUT2D eigenvalue weighted by Gasteiger charge is -2.27. The highest BCUT2D eigenvalue weighted by Gasteiger charge is 2.32. The molecule has 1 saturated heterocycles. The molecule has 0 aliphatic carbocycles. The molecule has 1 aromatic heterocycles. The van der Waals surface area contributed by atoms with Crippen LogP contribution in [0.4, 0.5) is 0 Å². The van der Waals surface area contributed by atoms with Gasteiger partial charge in [0, 0.05) is 13.0 Å². The fourth-order valence-electron chi connectivity index (χ4n) is 2.51. The molecule has 2 heterocycles. The summed E-state index contributed by atoms with van der Waals surface area (Å²) in [6, 6.07) is 2.34. The molecule has 1 aliphatic rings. The van der Waals surface area contributed by atoms with Gasteiger partial charge < -0.3 is 19.7 Å². The lowest BCUT2D eigenvalue weighted by Crippen LogP contribution is -2.48. The number of carbonyl (C=O) groups is 2. The summed E-state index contributed by atoms with van der Waals surface area (Å²) in [5, 5.41) is 12.1. The van der Waals surface area contributed by atoms with Crippen molar-refractivity contribution in [1.82, 2.24) is 10.2 Å². The number of furan rings is 1. The van der Waals surface area contributed by atoms with Crippen molar-refractivity contribution in [2.75, 3.05) is 13.2 Å². The average molecular weight is 280 g/mol. The van der Waals surface area contributed by atoms with Crippen LogP contribution in [0.25, 0.3) is 0 Å². The lowest BCUT2D eigenvalue weighted by molar-refractivity contribution is -0.138. The molecule has 110 valence electrons. The first-order chi connectivity index (χ1) is 9.67. The molecule has 2 amide bonds. The molecule has 1 fully saturated rings. The predicted octanol–water partition coefficient (Wildman–Crippen LogP) is 0.830. The van der Waals surface area contributed by atoms with Crippen molar-refractivity contribution < 1.29 is 19.1 Å². The number of likely N-dealkylation sites (tertiary alicyclic amines) is 1. The Labute approximate surface area is 117 Å². The fraction of sp³-hybridized carbons (Fsp3) is 0.571. The molecule has 1 aliphatic heterocycles. The molecular formula is C14H20N2O4. The maximum atomic E-state index is 12.3. The normalized spacial score (nSPS) is 18.1. The Morgan fingerprint density at radius 2 is 2.40 bits per heavy atom. The van der Waals surface area contributed by atoms with E-state index in [0.29, 0.717) is 25.1 Å². The van der Waals surface area contributed by atoms with Crippen LogP contribution in [-0.4, -0.2) is 41.0 Å². The molecule has 0 spiro atoms. The molecule has 0 radical (unpaired) electrons. The summed E-state index contributed by atoms with van der Waals surface area (Å²) in [7, 11) is 0. The van der Waals surface area contributed by atoms with Gasteiger partial charge in [-0.25, -0.2) is 0 Å². The van der Waals surface area contributed by atoms with E-state index in [9.17, 15) is 14.7 Å². The van der Waals surface area contributed by atoms with Crippen molar-refractivity contribution in [1.29, 1.82) is 0 Å². The van der Waals surface area contributed by atoms with Crippen LogP contribution in [0.1, 0.15) is 38.0 Å². The van der Waals surface area contributed by atoms with Crippen LogP contribution >= 0.6 is 0 Å². The number of rotatable bonds is 6. The molecule has 2 atom stereocenters. The quantitative estimate of drug-likeness (QED) is 0.808. The second kappa shape index (κ2) is 6.56. The summed E-state index contributed by atoms with van der Waals surface area (Å²) in [5.41, 5.74) is 0. The SMILES string of the molecule is CCC(C(=O)NC(CO)c1ccco1)N1CCCC1=O. The minimum Gasteiger partial charge on any atom is -0.467 e. The third kappa shape index (κ3) is 3.01. The molecule has 2 rings (SSSR count). The highest BCUT2D eigenvalue weighted by atomic mass is 16.3. The zero-order valence-corrected chi connectivity index (χ0v) is 11.5. The summed E-state index contributed by atoms with van der Waals surface area (Å²) < 4.78 is 5.19. The monoisotopic (exact) mass is 280 g/mol. The number of carbonyl (C=O) groups excluding carboxylic acids is 2. The predicted molar refractivity (Wildman–Crippen MR) is 71.7 cm³/mol. The van der Waals surface area contributed by atoms with Crippen LogP contribution in [0.3, 0.4) is 0 Å². The van der Waals surface area contributed by atoms with Gasteiger partial charge in [-0.15, -0.1) is 0 Å². The molecule has 2 N–H and O–H groups in total. The van der Waals surface area contributed by atoms with Gasteiger partial charge in [0.05, 0.1) is 12.9 Å². The van der Waals surface area contributed by atoms with Crippen molar-refractivity contribution >= 4 is 11.8 Å². The average Bonchev–Trinajstić information content (AvgIpc) is 3.09. The number of hydrogen-bond acceptors (Lipinski definition) is 4. The van der Waals surface area contributed by atoms with E-state index in [0.717, 1.165) is 6.42 Å². The summed E-state index contributed by atoms with van der Waals surface area (Å²) in [6.07, 6.45) is 3.34. The maximum absolute atomic E-state index is 12.3. The number of hydrogen-bond donors (Lipinski definition) is 2. The first-order valence-electron chi connectivity index (χ1n) is 6.91. The van der Waals surface area contributed by atoms with Crippen molar-refractivity contribution in [2.45, 2.75) is 38.3 Å². The van der Waals surface area contributed by atoms with Crippen LogP contribution in [0.5, 0.6) is 0 Å². The Morgan fingerprint density at radius 1 is 1.60 bits per heavy atom. The van der Waals surface area contributed by atoms with Crippen LogP contribution in [0.2, 0.25) is 0 Å². The van der Waals surface area contributed by atoms with Crippen molar-refractivity contribution in [2.24, 2.45) is 0 Å². The van der Waals surface area contributed by atoms with E-state index in [1.54, 1.807) is 17.0 Å². The molecule has 20 heavy (non-hydrogen) atoms. The highest BCUT2D eigenvalue weighted by Crippen LogP contribution is 2.18. The Hall–Kier alpha value is -1.82. The largest absolute Gasteiger partial charge is 0.467 e. The molecule has 6 heteroatoms. The third-order valence-corrected chi connectivity index (χ3v) is 3.56. The highest BCUT2D eigenvalue weighted by molar-refractivity contribution is 5.88. The van der Waals surface area contributed by atoms with E-state index in [1.807, 2.05) is 6.92 Å². The van der Waals surface area contributed by atoms with Crippen LogP contribution in [0.15, 0.2) is 22.8 Å². The van der Waals surface area contributed by atoms with E-state index < -0.39 is 12.1 Å². The number of aliphatic hydroxyl groups is 1. The summed E-state index contributed by atoms with van der Waals surface area (Å²) >= 11 is 0. The second-order valence-electron chi connectivity index (χ2n) is 4.87. The van der Waals surface area contributed by atoms with Crippen LogP contribution < -0.4 is 5.32 Å². The van der Waals surface area contributed by atoms with Crippen LogP contribution in [-0.2, 0) is 9.59 Å². The van der Waals surface area contributed by atoms with Crippen LogP contribution in [0, 0.1) is 0 Å². The maximum Gasteiger partial charge on any atom is 0.243 e. The minimum atomic E-state index is -0.579. The molecule has 1 aromatic rings. The molecular weight excluding hydrogens is 260 g/mol. The Balaban J connectivity index is 2.03. The van der Waals surface area contributed by atoms with Gasteiger partial charge in [-0.3, -0.25) is 9.59 Å². The zero-order valence-electron chi connectivity index (χ0n) is 11.5. The van der Waals surface area contributed by atoms with Gasteiger partial charge in [-0.05, 0) is 25.0 Å². The van der Waals surface area contributed by atoms with Crippen molar-refractivity contribution in [3.8, 4) is 0 Å². The smallest absolute Gasteiger partial charge is 0.243 e. The van der Waals surface area contributed by atoms with E-state index in [4.69, 9.17) is 4.42 Å². The summed E-state index contributed by atoms with van der Waals surface area (Å²) in [6.45, 7) is 2.25. The summed E-state index contributed by atoms with van der Waals surface area (Å²) in [4.78, 5) is 25.7. The Bertz CT molecular complexity index is 458. The Kier molecular flexibility index (Phi) is 4.79. The lowest BCUT2D eigenvalue weighted by atomic mass is 10.1. The zero-order chi connectivity index (χ0) is 14.5. The summed E-state index contributed by atoms with van der Waals surface area (Å²) in [5.74, 6) is 0.271. The standard InChI is InChI=1S/C14H20N2O4/c1-2-11(16-7-3-6-13(16)18)14(19)15-10(9-17)12-5-4-8-20-12/h4-5,8,10-11,17H,2-3,6-7,9H2,1H3,(H,15,19). The fourth-order valence-corrected chi connectivity index (χ4v) is 2.51. The second-order valence-corrected chi connectivity index (χ2v) is 4.87. The van der Waals surface area contributed by atoms with E-state index in [-0.39, 0.29) is 18.4 Å². The van der Waals surface area contributed by atoms with Gasteiger partial charge in [0.25, 0.3) is 0 Å². The van der Waals surface area contributed by atoms with Gasteiger partial charge in [-0.1, -0.05) is 6.92 Å². The topological polar surface area (TPSA) is 82.8 Å². The van der Waals surface area contributed by atoms with Crippen molar-refractivity contribution in [3.63, 3.8) is 0 Å².